The fourth-order valence-electron chi connectivity index (χ4n) is 7.32. The zero-order chi connectivity index (χ0) is 12.4. The molecule has 0 aromatic heterocycles. The van der Waals surface area contributed by atoms with Gasteiger partial charge in [-0.2, -0.15) is 0 Å². The van der Waals surface area contributed by atoms with Crippen LogP contribution in [0, 0.1) is 40.9 Å². The van der Waals surface area contributed by atoms with Crippen molar-refractivity contribution in [3.63, 3.8) is 0 Å². The summed E-state index contributed by atoms with van der Waals surface area (Å²) in [6.07, 6.45) is 19.3. The Hall–Kier alpha value is 0. The van der Waals surface area contributed by atoms with Crippen LogP contribution in [0.25, 0.3) is 0 Å². The van der Waals surface area contributed by atoms with Gasteiger partial charge in [-0.25, -0.2) is 0 Å². The molecule has 5 rings (SSSR count). The van der Waals surface area contributed by atoms with Crippen LogP contribution in [-0.4, -0.2) is 0 Å². The van der Waals surface area contributed by atoms with E-state index >= 15 is 0 Å². The van der Waals surface area contributed by atoms with Crippen molar-refractivity contribution < 1.29 is 0 Å². The largest absolute Gasteiger partial charge is 0.0527 e. The molecule has 0 aliphatic heterocycles. The summed E-state index contributed by atoms with van der Waals surface area (Å²) in [5.74, 6) is 7.03. The molecule has 6 atom stereocenters. The van der Waals surface area contributed by atoms with Gasteiger partial charge >= 0.3 is 0 Å². The van der Waals surface area contributed by atoms with Crippen LogP contribution in [0.15, 0.2) is 0 Å². The maximum atomic E-state index is 1.65. The first kappa shape index (κ1) is 11.6. The van der Waals surface area contributed by atoms with Crippen LogP contribution in [0.2, 0.25) is 0 Å². The van der Waals surface area contributed by atoms with Crippen LogP contribution in [0.4, 0.5) is 0 Å². The fraction of sp³-hybridized carbons (Fsp3) is 1.00. The van der Waals surface area contributed by atoms with Gasteiger partial charge in [-0.05, 0) is 105 Å². The highest BCUT2D eigenvalue weighted by atomic mass is 14.6. The molecule has 1 spiro atoms. The van der Waals surface area contributed by atoms with E-state index in [1.165, 1.54) is 23.7 Å². The second-order valence-corrected chi connectivity index (χ2v) is 9.00. The van der Waals surface area contributed by atoms with E-state index in [-0.39, 0.29) is 0 Å². The van der Waals surface area contributed by atoms with Crippen molar-refractivity contribution in [1.29, 1.82) is 0 Å². The first-order valence-electron chi connectivity index (χ1n) is 9.35. The zero-order valence-electron chi connectivity index (χ0n) is 12.4. The van der Waals surface area contributed by atoms with Crippen molar-refractivity contribution in [3.8, 4) is 0 Å². The molecule has 106 valence electrons. The Kier molecular flexibility index (Phi) is 2.46. The molecule has 0 radical (unpaired) electrons. The van der Waals surface area contributed by atoms with E-state index in [0.717, 1.165) is 17.3 Å². The predicted octanol–water partition coefficient (Wildman–Crippen LogP) is 5.42. The van der Waals surface area contributed by atoms with Crippen LogP contribution in [0.3, 0.4) is 0 Å². The molecule has 0 amide bonds. The smallest absolute Gasteiger partial charge is 0.0294 e. The van der Waals surface area contributed by atoms with Crippen LogP contribution in [-0.2, 0) is 0 Å². The molecule has 5 fully saturated rings. The minimum absolute atomic E-state index is 0.901. The molecule has 6 unspecified atom stereocenters. The highest BCUT2D eigenvalue weighted by Gasteiger charge is 2.54. The molecule has 5 saturated carbocycles. The molecule has 0 N–H and O–H groups in total. The highest BCUT2D eigenvalue weighted by Crippen LogP contribution is 2.65. The van der Waals surface area contributed by atoms with Gasteiger partial charge in [0.05, 0.1) is 0 Å². The van der Waals surface area contributed by atoms with E-state index in [1.54, 1.807) is 77.0 Å². The van der Waals surface area contributed by atoms with Crippen LogP contribution >= 0.6 is 0 Å². The third-order valence-electron chi connectivity index (χ3n) is 8.38. The Bertz CT molecular complexity index is 366. The van der Waals surface area contributed by atoms with Crippen molar-refractivity contribution in [2.24, 2.45) is 40.9 Å². The molecule has 19 heavy (non-hydrogen) atoms. The number of fused-ring (bicyclic) bond motifs is 5. The lowest BCUT2D eigenvalue weighted by atomic mass is 9.52. The van der Waals surface area contributed by atoms with Crippen molar-refractivity contribution >= 4 is 0 Å². The van der Waals surface area contributed by atoms with Crippen molar-refractivity contribution in [1.82, 2.24) is 0 Å². The molecule has 5 aliphatic carbocycles. The highest BCUT2D eigenvalue weighted by molar-refractivity contribution is 5.04. The van der Waals surface area contributed by atoms with Crippen molar-refractivity contribution in [2.75, 3.05) is 0 Å². The Labute approximate surface area is 118 Å². The van der Waals surface area contributed by atoms with Gasteiger partial charge in [-0.15, -0.1) is 0 Å². The first-order chi connectivity index (χ1) is 9.35. The number of rotatable bonds is 0. The molecule has 5 aliphatic rings. The summed E-state index contributed by atoms with van der Waals surface area (Å²) in [6, 6.07) is 0. The minimum atomic E-state index is 0.901. The van der Waals surface area contributed by atoms with E-state index in [9.17, 15) is 0 Å². The third-order valence-corrected chi connectivity index (χ3v) is 8.38. The average Bonchev–Trinajstić information content (AvgIpc) is 3.02. The summed E-state index contributed by atoms with van der Waals surface area (Å²) in [4.78, 5) is 0. The molecule has 0 bridgehead atoms. The average molecular weight is 258 g/mol. The summed E-state index contributed by atoms with van der Waals surface area (Å²) < 4.78 is 0. The molecular formula is C19H30. The quantitative estimate of drug-likeness (QED) is 0.544. The van der Waals surface area contributed by atoms with E-state index in [1.807, 2.05) is 0 Å². The van der Waals surface area contributed by atoms with E-state index in [4.69, 9.17) is 0 Å². The van der Waals surface area contributed by atoms with Gasteiger partial charge < -0.3 is 0 Å². The lowest BCUT2D eigenvalue weighted by Gasteiger charge is -2.53. The third kappa shape index (κ3) is 1.70. The lowest BCUT2D eigenvalue weighted by Crippen LogP contribution is -2.44. The first-order valence-corrected chi connectivity index (χ1v) is 9.35. The van der Waals surface area contributed by atoms with E-state index < -0.39 is 0 Å². The van der Waals surface area contributed by atoms with Gasteiger partial charge in [0.25, 0.3) is 0 Å². The van der Waals surface area contributed by atoms with Crippen LogP contribution < -0.4 is 0 Å². The maximum absolute atomic E-state index is 1.65. The summed E-state index contributed by atoms with van der Waals surface area (Å²) >= 11 is 0. The van der Waals surface area contributed by atoms with Gasteiger partial charge in [0.2, 0.25) is 0 Å². The summed E-state index contributed by atoms with van der Waals surface area (Å²) in [7, 11) is 0. The van der Waals surface area contributed by atoms with Gasteiger partial charge in [-0.1, -0.05) is 12.8 Å². The second-order valence-electron chi connectivity index (χ2n) is 9.00. The monoisotopic (exact) mass is 258 g/mol. The Morgan fingerprint density at radius 1 is 0.526 bits per heavy atom. The van der Waals surface area contributed by atoms with Crippen molar-refractivity contribution in [3.05, 3.63) is 0 Å². The number of hydrogen-bond acceptors (Lipinski definition) is 0. The maximum Gasteiger partial charge on any atom is -0.0294 e. The van der Waals surface area contributed by atoms with E-state index in [0.29, 0.717) is 0 Å². The van der Waals surface area contributed by atoms with Gasteiger partial charge in [0.1, 0.15) is 0 Å². The Morgan fingerprint density at radius 2 is 1.26 bits per heavy atom. The molecule has 0 saturated heterocycles. The molecular weight excluding hydrogens is 228 g/mol. The van der Waals surface area contributed by atoms with Crippen LogP contribution in [0.1, 0.15) is 77.0 Å². The summed E-state index contributed by atoms with van der Waals surface area (Å²) in [5.41, 5.74) is 0.901. The normalized spacial score (nSPS) is 54.3. The molecule has 0 aromatic carbocycles. The molecule has 0 heteroatoms. The standard InChI is InChI=1S/C19H30/c1-2-13-4-6-18-16-8-9-19(10-11-19)12-14(16)5-7-17(18)15(13)3-1/h13-18H,1-12H2. The van der Waals surface area contributed by atoms with E-state index in [2.05, 4.69) is 0 Å². The van der Waals surface area contributed by atoms with Crippen molar-refractivity contribution in [2.45, 2.75) is 77.0 Å². The van der Waals surface area contributed by atoms with Gasteiger partial charge in [-0.3, -0.25) is 0 Å². The molecule has 0 nitrogen and oxygen atoms in total. The topological polar surface area (TPSA) is 0 Å². The minimum Gasteiger partial charge on any atom is -0.0527 e. The summed E-state index contributed by atoms with van der Waals surface area (Å²) in [5, 5.41) is 0. The zero-order valence-corrected chi connectivity index (χ0v) is 12.4. The Morgan fingerprint density at radius 3 is 2.05 bits per heavy atom. The SMILES string of the molecule is C1CC2CCC3C4CCC5(CC5)CC4CCC3C2C1. The van der Waals surface area contributed by atoms with Gasteiger partial charge in [0.15, 0.2) is 0 Å². The molecule has 0 heterocycles. The summed E-state index contributed by atoms with van der Waals surface area (Å²) in [6.45, 7) is 0. The number of hydrogen-bond donors (Lipinski definition) is 0. The Balaban J connectivity index is 1.38. The predicted molar refractivity (Wildman–Crippen MR) is 78.8 cm³/mol. The van der Waals surface area contributed by atoms with Crippen LogP contribution in [0.5, 0.6) is 0 Å². The lowest BCUT2D eigenvalue weighted by molar-refractivity contribution is -0.0321. The van der Waals surface area contributed by atoms with Gasteiger partial charge in [0, 0.05) is 0 Å². The molecule has 0 aromatic rings. The second kappa shape index (κ2) is 4.01. The fourth-order valence-corrected chi connectivity index (χ4v) is 7.32.